The van der Waals surface area contributed by atoms with Crippen molar-refractivity contribution >= 4 is 12.0 Å². The van der Waals surface area contributed by atoms with Crippen molar-refractivity contribution in [3.05, 3.63) is 23.9 Å². The van der Waals surface area contributed by atoms with Crippen molar-refractivity contribution in [2.75, 3.05) is 18.5 Å². The molecule has 0 spiro atoms. The summed E-state index contributed by atoms with van der Waals surface area (Å²) in [6, 6.07) is 3.74. The van der Waals surface area contributed by atoms with Gasteiger partial charge in [0.15, 0.2) is 0 Å². The van der Waals surface area contributed by atoms with Crippen LogP contribution in [-0.2, 0) is 0 Å². The minimum absolute atomic E-state index is 0.788. The van der Waals surface area contributed by atoms with Crippen molar-refractivity contribution in [3.8, 4) is 0 Å². The molecular formula is C9H13N3O. The molecular weight excluding hydrogens is 166 g/mol. The van der Waals surface area contributed by atoms with Gasteiger partial charge in [-0.15, -0.1) is 0 Å². The number of anilines is 1. The summed E-state index contributed by atoms with van der Waals surface area (Å²) in [5.41, 5.74) is 0.788. The summed E-state index contributed by atoms with van der Waals surface area (Å²) in [6.07, 6.45) is 3.02. The van der Waals surface area contributed by atoms with Crippen LogP contribution in [0.4, 0.5) is 5.82 Å². The first-order chi connectivity index (χ1) is 6.27. The highest BCUT2D eigenvalue weighted by Gasteiger charge is 1.97. The van der Waals surface area contributed by atoms with Crippen molar-refractivity contribution in [1.29, 1.82) is 0 Å². The third kappa shape index (κ3) is 2.43. The van der Waals surface area contributed by atoms with Crippen LogP contribution in [0.5, 0.6) is 0 Å². The zero-order chi connectivity index (χ0) is 9.68. The molecule has 0 fully saturated rings. The van der Waals surface area contributed by atoms with E-state index in [1.807, 2.05) is 24.1 Å². The first kappa shape index (κ1) is 9.51. The normalized spacial score (nSPS) is 10.6. The number of pyridine rings is 1. The van der Waals surface area contributed by atoms with E-state index in [0.717, 1.165) is 17.9 Å². The van der Waals surface area contributed by atoms with Crippen molar-refractivity contribution < 1.29 is 5.21 Å². The van der Waals surface area contributed by atoms with Gasteiger partial charge in [-0.3, -0.25) is 0 Å². The maximum atomic E-state index is 8.28. The number of nitrogens with zero attached hydrogens (tertiary/aromatic N) is 3. The second-order valence-electron chi connectivity index (χ2n) is 2.71. The molecule has 0 aliphatic carbocycles. The Balaban J connectivity index is 2.80. The Kier molecular flexibility index (Phi) is 3.25. The molecule has 0 bridgehead atoms. The molecule has 0 amide bonds. The predicted molar refractivity (Wildman–Crippen MR) is 52.6 cm³/mol. The summed E-state index contributed by atoms with van der Waals surface area (Å²) in [5.74, 6) is 0.914. The molecule has 0 aromatic carbocycles. The molecule has 1 heterocycles. The standard InChI is InChI=1S/C9H13N3O/c1-3-12(2)9-5-4-8(6-10-9)7-11-13/h4-7,13H,3H2,1-2H3. The molecule has 0 aliphatic rings. The van der Waals surface area contributed by atoms with Gasteiger partial charge in [0.25, 0.3) is 0 Å². The molecule has 0 aliphatic heterocycles. The average molecular weight is 179 g/mol. The third-order valence-corrected chi connectivity index (χ3v) is 1.84. The SMILES string of the molecule is CCN(C)c1ccc(C=NO)cn1. The van der Waals surface area contributed by atoms with E-state index < -0.39 is 0 Å². The molecule has 0 saturated heterocycles. The van der Waals surface area contributed by atoms with E-state index in [0.29, 0.717) is 0 Å². The molecule has 4 heteroatoms. The lowest BCUT2D eigenvalue weighted by Crippen LogP contribution is -2.16. The lowest BCUT2D eigenvalue weighted by Gasteiger charge is -2.14. The smallest absolute Gasteiger partial charge is 0.128 e. The van der Waals surface area contributed by atoms with Crippen LogP contribution < -0.4 is 4.90 Å². The van der Waals surface area contributed by atoms with E-state index in [4.69, 9.17) is 5.21 Å². The average Bonchev–Trinajstić information content (AvgIpc) is 2.18. The molecule has 1 rings (SSSR count). The summed E-state index contributed by atoms with van der Waals surface area (Å²) in [5, 5.41) is 11.2. The summed E-state index contributed by atoms with van der Waals surface area (Å²) >= 11 is 0. The fourth-order valence-electron chi connectivity index (χ4n) is 0.928. The number of hydrogen-bond acceptors (Lipinski definition) is 4. The Morgan fingerprint density at radius 2 is 2.38 bits per heavy atom. The van der Waals surface area contributed by atoms with Crippen LogP contribution >= 0.6 is 0 Å². The van der Waals surface area contributed by atoms with Crippen LogP contribution in [0.15, 0.2) is 23.5 Å². The fourth-order valence-corrected chi connectivity index (χ4v) is 0.928. The van der Waals surface area contributed by atoms with Crippen molar-refractivity contribution in [2.24, 2.45) is 5.16 Å². The van der Waals surface area contributed by atoms with Crippen LogP contribution in [0.1, 0.15) is 12.5 Å². The van der Waals surface area contributed by atoms with Gasteiger partial charge in [-0.2, -0.15) is 0 Å². The van der Waals surface area contributed by atoms with E-state index in [1.54, 1.807) is 6.20 Å². The van der Waals surface area contributed by atoms with Crippen molar-refractivity contribution in [3.63, 3.8) is 0 Å². The molecule has 13 heavy (non-hydrogen) atoms. The van der Waals surface area contributed by atoms with Gasteiger partial charge in [0.1, 0.15) is 5.82 Å². The zero-order valence-electron chi connectivity index (χ0n) is 7.81. The minimum atomic E-state index is 0.788. The van der Waals surface area contributed by atoms with Gasteiger partial charge in [0.2, 0.25) is 0 Å². The number of oxime groups is 1. The molecule has 70 valence electrons. The van der Waals surface area contributed by atoms with Gasteiger partial charge in [-0.05, 0) is 19.1 Å². The summed E-state index contributed by atoms with van der Waals surface area (Å²) in [6.45, 7) is 2.98. The Morgan fingerprint density at radius 3 is 2.85 bits per heavy atom. The highest BCUT2D eigenvalue weighted by atomic mass is 16.4. The van der Waals surface area contributed by atoms with Gasteiger partial charge < -0.3 is 10.1 Å². The predicted octanol–water partition coefficient (Wildman–Crippen LogP) is 1.35. The van der Waals surface area contributed by atoms with E-state index in [1.165, 1.54) is 6.21 Å². The molecule has 0 unspecified atom stereocenters. The van der Waals surface area contributed by atoms with E-state index in [2.05, 4.69) is 17.1 Å². The quantitative estimate of drug-likeness (QED) is 0.433. The molecule has 0 radical (unpaired) electrons. The second-order valence-corrected chi connectivity index (χ2v) is 2.71. The monoisotopic (exact) mass is 179 g/mol. The Bertz CT molecular complexity index is 281. The van der Waals surface area contributed by atoms with Crippen LogP contribution in [-0.4, -0.2) is 30.0 Å². The van der Waals surface area contributed by atoms with E-state index >= 15 is 0 Å². The summed E-state index contributed by atoms with van der Waals surface area (Å²) < 4.78 is 0. The summed E-state index contributed by atoms with van der Waals surface area (Å²) in [4.78, 5) is 6.22. The maximum Gasteiger partial charge on any atom is 0.128 e. The van der Waals surface area contributed by atoms with Crippen LogP contribution in [0.3, 0.4) is 0 Å². The number of rotatable bonds is 3. The van der Waals surface area contributed by atoms with Gasteiger partial charge >= 0.3 is 0 Å². The van der Waals surface area contributed by atoms with Crippen LogP contribution in [0.25, 0.3) is 0 Å². The molecule has 0 atom stereocenters. The maximum absolute atomic E-state index is 8.28. The molecule has 1 aromatic rings. The zero-order valence-corrected chi connectivity index (χ0v) is 7.81. The first-order valence-corrected chi connectivity index (χ1v) is 4.12. The van der Waals surface area contributed by atoms with Gasteiger partial charge in [-0.1, -0.05) is 5.16 Å². The highest BCUT2D eigenvalue weighted by molar-refractivity contribution is 5.78. The Hall–Kier alpha value is -1.58. The number of aromatic nitrogens is 1. The molecule has 4 nitrogen and oxygen atoms in total. The molecule has 0 saturated carbocycles. The van der Waals surface area contributed by atoms with Crippen LogP contribution in [0.2, 0.25) is 0 Å². The Morgan fingerprint density at radius 1 is 1.62 bits per heavy atom. The molecule has 1 aromatic heterocycles. The van der Waals surface area contributed by atoms with Gasteiger partial charge in [0, 0.05) is 25.4 Å². The van der Waals surface area contributed by atoms with Crippen molar-refractivity contribution in [2.45, 2.75) is 6.92 Å². The Labute approximate surface area is 77.5 Å². The van der Waals surface area contributed by atoms with E-state index in [-0.39, 0.29) is 0 Å². The highest BCUT2D eigenvalue weighted by Crippen LogP contribution is 2.07. The van der Waals surface area contributed by atoms with Gasteiger partial charge in [-0.25, -0.2) is 4.98 Å². The second kappa shape index (κ2) is 4.45. The lowest BCUT2D eigenvalue weighted by atomic mass is 10.3. The van der Waals surface area contributed by atoms with Crippen molar-refractivity contribution in [1.82, 2.24) is 4.98 Å². The topological polar surface area (TPSA) is 48.7 Å². The van der Waals surface area contributed by atoms with E-state index in [9.17, 15) is 0 Å². The third-order valence-electron chi connectivity index (χ3n) is 1.84. The minimum Gasteiger partial charge on any atom is -0.411 e. The largest absolute Gasteiger partial charge is 0.411 e. The number of hydrogen-bond donors (Lipinski definition) is 1. The lowest BCUT2D eigenvalue weighted by molar-refractivity contribution is 0.322. The summed E-state index contributed by atoms with van der Waals surface area (Å²) in [7, 11) is 1.97. The first-order valence-electron chi connectivity index (χ1n) is 4.12. The molecule has 1 N–H and O–H groups in total. The van der Waals surface area contributed by atoms with Crippen LogP contribution in [0, 0.1) is 0 Å². The van der Waals surface area contributed by atoms with Gasteiger partial charge in [0.05, 0.1) is 6.21 Å². The fraction of sp³-hybridized carbons (Fsp3) is 0.333.